The van der Waals surface area contributed by atoms with E-state index in [1.54, 1.807) is 0 Å². The zero-order valence-corrected chi connectivity index (χ0v) is 12.4. The highest BCUT2D eigenvalue weighted by molar-refractivity contribution is 5.89. The summed E-state index contributed by atoms with van der Waals surface area (Å²) in [6, 6.07) is -2.12. The van der Waals surface area contributed by atoms with Crippen LogP contribution in [0.15, 0.2) is 0 Å². The number of aliphatic carboxylic acids is 1. The van der Waals surface area contributed by atoms with Gasteiger partial charge in [-0.15, -0.1) is 0 Å². The summed E-state index contributed by atoms with van der Waals surface area (Å²) in [6.45, 7) is -0.0428. The lowest BCUT2D eigenvalue weighted by molar-refractivity contribution is -0.137. The summed E-state index contributed by atoms with van der Waals surface area (Å²) in [5, 5.41) is 22.4. The van der Waals surface area contributed by atoms with Gasteiger partial charge in [-0.25, -0.2) is 0 Å². The lowest BCUT2D eigenvalue weighted by atomic mass is 10.1. The molecule has 11 nitrogen and oxygen atoms in total. The van der Waals surface area contributed by atoms with E-state index in [-0.39, 0.29) is 5.96 Å². The second kappa shape index (κ2) is 11.0. The van der Waals surface area contributed by atoms with E-state index in [4.69, 9.17) is 22.0 Å². The first-order chi connectivity index (χ1) is 10.8. The minimum Gasteiger partial charge on any atom is -0.481 e. The second-order valence-corrected chi connectivity index (χ2v) is 4.64. The summed E-state index contributed by atoms with van der Waals surface area (Å²) in [5.41, 5.74) is 10.7. The lowest BCUT2D eigenvalue weighted by Crippen LogP contribution is -2.47. The largest absolute Gasteiger partial charge is 0.481 e. The quantitative estimate of drug-likeness (QED) is 0.116. The number of rotatable bonds is 11. The standard InChI is InChI=1S/C12H21N6O5/c13-8(2-1-3-16-12(14)15)11(23)17-5-9(20)18-7(6-19)4-10(21)22/h7-8H,1-5,13H2,(H,17,23)(H,18,20)(H,21,22)(H4,14,15,16)/t7-,8-/m0/s1. The van der Waals surface area contributed by atoms with Gasteiger partial charge in [0.15, 0.2) is 5.96 Å². The molecule has 0 heterocycles. The van der Waals surface area contributed by atoms with E-state index in [1.165, 1.54) is 6.29 Å². The van der Waals surface area contributed by atoms with E-state index in [2.05, 4.69) is 16.0 Å². The van der Waals surface area contributed by atoms with Gasteiger partial charge in [0.2, 0.25) is 18.1 Å². The van der Waals surface area contributed by atoms with Crippen LogP contribution in [0.25, 0.3) is 0 Å². The number of hydrogen-bond acceptors (Lipinski definition) is 6. The third kappa shape index (κ3) is 10.6. The van der Waals surface area contributed by atoms with E-state index >= 15 is 0 Å². The molecule has 0 unspecified atom stereocenters. The number of carboxylic acids is 1. The Morgan fingerprint density at radius 2 is 1.91 bits per heavy atom. The second-order valence-electron chi connectivity index (χ2n) is 4.64. The average Bonchev–Trinajstić information content (AvgIpc) is 2.47. The molecule has 129 valence electrons. The van der Waals surface area contributed by atoms with Crippen LogP contribution in [0.2, 0.25) is 0 Å². The van der Waals surface area contributed by atoms with Gasteiger partial charge in [-0.1, -0.05) is 0 Å². The van der Waals surface area contributed by atoms with Crippen molar-refractivity contribution in [2.45, 2.75) is 31.3 Å². The van der Waals surface area contributed by atoms with Crippen LogP contribution in [0.1, 0.15) is 19.3 Å². The Hall–Kier alpha value is -2.69. The van der Waals surface area contributed by atoms with Crippen molar-refractivity contribution in [1.82, 2.24) is 16.0 Å². The molecule has 0 aliphatic heterocycles. The minimum absolute atomic E-state index is 0.178. The highest BCUT2D eigenvalue weighted by atomic mass is 16.4. The molecule has 2 amide bonds. The third-order valence-electron chi connectivity index (χ3n) is 2.62. The highest BCUT2D eigenvalue weighted by Crippen LogP contribution is 1.93. The fourth-order valence-electron chi connectivity index (χ4n) is 1.52. The van der Waals surface area contributed by atoms with Gasteiger partial charge in [0, 0.05) is 6.54 Å². The molecule has 0 aliphatic rings. The fraction of sp³-hybridized carbons (Fsp3) is 0.583. The number of hydrogen-bond donors (Lipinski definition) is 7. The number of carboxylic acid groups (broad SMARTS) is 1. The van der Waals surface area contributed by atoms with Gasteiger partial charge < -0.3 is 32.5 Å². The van der Waals surface area contributed by atoms with Crippen molar-refractivity contribution in [3.05, 3.63) is 0 Å². The van der Waals surface area contributed by atoms with E-state index in [9.17, 15) is 19.2 Å². The number of carbonyl (C=O) groups is 3. The molecule has 9 N–H and O–H groups in total. The zero-order chi connectivity index (χ0) is 17.8. The molecule has 1 radical (unpaired) electrons. The number of nitrogens with one attached hydrogen (secondary N) is 4. The van der Waals surface area contributed by atoms with Gasteiger partial charge in [-0.3, -0.25) is 24.6 Å². The molecule has 2 atom stereocenters. The minimum atomic E-state index is -1.27. The molecule has 0 aromatic rings. The maximum Gasteiger partial charge on any atom is 0.305 e. The van der Waals surface area contributed by atoms with Crippen LogP contribution < -0.4 is 27.4 Å². The van der Waals surface area contributed by atoms with E-state index < -0.39 is 42.8 Å². The maximum atomic E-state index is 11.6. The first kappa shape index (κ1) is 20.3. The third-order valence-corrected chi connectivity index (χ3v) is 2.62. The van der Waals surface area contributed by atoms with Crippen LogP contribution in [-0.2, 0) is 19.2 Å². The van der Waals surface area contributed by atoms with Crippen LogP contribution in [0, 0.1) is 5.41 Å². The summed E-state index contributed by atoms with van der Waals surface area (Å²) < 4.78 is 0. The Kier molecular flexibility index (Phi) is 9.67. The Labute approximate surface area is 132 Å². The van der Waals surface area contributed by atoms with E-state index in [0.717, 1.165) is 0 Å². The van der Waals surface area contributed by atoms with Crippen LogP contribution in [-0.4, -0.2) is 60.3 Å². The van der Waals surface area contributed by atoms with E-state index in [1.807, 2.05) is 0 Å². The molecule has 11 heteroatoms. The van der Waals surface area contributed by atoms with Crippen LogP contribution in [0.3, 0.4) is 0 Å². The lowest BCUT2D eigenvalue weighted by Gasteiger charge is -2.13. The summed E-state index contributed by atoms with van der Waals surface area (Å²) in [5.74, 6) is -2.72. The molecular weight excluding hydrogens is 308 g/mol. The molecule has 0 aliphatic carbocycles. The van der Waals surface area contributed by atoms with Gasteiger partial charge in [0.05, 0.1) is 19.0 Å². The van der Waals surface area contributed by atoms with Crippen molar-refractivity contribution < 1.29 is 24.3 Å². The fourth-order valence-corrected chi connectivity index (χ4v) is 1.52. The Morgan fingerprint density at radius 1 is 1.26 bits per heavy atom. The van der Waals surface area contributed by atoms with Gasteiger partial charge >= 0.3 is 5.97 Å². The van der Waals surface area contributed by atoms with Gasteiger partial charge in [0.25, 0.3) is 0 Å². The number of guanidine groups is 1. The van der Waals surface area contributed by atoms with E-state index in [0.29, 0.717) is 19.4 Å². The van der Waals surface area contributed by atoms with Crippen molar-refractivity contribution in [1.29, 1.82) is 5.41 Å². The predicted molar refractivity (Wildman–Crippen MR) is 80.0 cm³/mol. The number of nitrogens with two attached hydrogens (primary N) is 2. The molecule has 0 fully saturated rings. The Morgan fingerprint density at radius 3 is 2.43 bits per heavy atom. The van der Waals surface area contributed by atoms with Crippen molar-refractivity contribution in [2.24, 2.45) is 11.5 Å². The van der Waals surface area contributed by atoms with Crippen LogP contribution >= 0.6 is 0 Å². The summed E-state index contributed by atoms with van der Waals surface area (Å²) in [7, 11) is 0. The van der Waals surface area contributed by atoms with Gasteiger partial charge in [0.1, 0.15) is 6.04 Å². The maximum absolute atomic E-state index is 11.6. The smallest absolute Gasteiger partial charge is 0.305 e. The normalized spacial score (nSPS) is 12.6. The van der Waals surface area contributed by atoms with Crippen molar-refractivity contribution >= 4 is 30.0 Å². The molecule has 0 rings (SSSR count). The number of carbonyl (C=O) groups excluding carboxylic acids is 3. The van der Waals surface area contributed by atoms with Crippen molar-refractivity contribution in [3.63, 3.8) is 0 Å². The van der Waals surface area contributed by atoms with Gasteiger partial charge in [-0.2, -0.15) is 0 Å². The van der Waals surface area contributed by atoms with Crippen LogP contribution in [0.5, 0.6) is 0 Å². The molecule has 0 saturated heterocycles. The SMILES string of the molecule is N=C(N)NCCC[C@H](N)C(=O)NCC(=O)N[C@H]([C]=O)CC(=O)O. The topological polar surface area (TPSA) is 200 Å². The first-order valence-corrected chi connectivity index (χ1v) is 6.76. The molecule has 0 aromatic heterocycles. The molecular formula is C12H21N6O5. The zero-order valence-electron chi connectivity index (χ0n) is 12.4. The van der Waals surface area contributed by atoms with Crippen molar-refractivity contribution in [2.75, 3.05) is 13.1 Å². The van der Waals surface area contributed by atoms with Crippen molar-refractivity contribution in [3.8, 4) is 0 Å². The first-order valence-electron chi connectivity index (χ1n) is 6.76. The average molecular weight is 329 g/mol. The summed E-state index contributed by atoms with van der Waals surface area (Å²) in [4.78, 5) is 44.0. The Balaban J connectivity index is 4.01. The number of amides is 2. The predicted octanol–water partition coefficient (Wildman–Crippen LogP) is -3.24. The molecule has 0 bridgehead atoms. The summed E-state index contributed by atoms with van der Waals surface area (Å²) in [6.07, 6.45) is 1.61. The highest BCUT2D eigenvalue weighted by Gasteiger charge is 2.18. The Bertz CT molecular complexity index is 455. The molecule has 0 aromatic carbocycles. The monoisotopic (exact) mass is 329 g/mol. The molecule has 0 saturated carbocycles. The molecule has 0 spiro atoms. The molecule has 23 heavy (non-hydrogen) atoms. The summed E-state index contributed by atoms with van der Waals surface area (Å²) >= 11 is 0. The van der Waals surface area contributed by atoms with Crippen LogP contribution in [0.4, 0.5) is 0 Å². The van der Waals surface area contributed by atoms with Gasteiger partial charge in [-0.05, 0) is 12.8 Å².